The summed E-state index contributed by atoms with van der Waals surface area (Å²) in [5.41, 5.74) is 0.790. The van der Waals surface area contributed by atoms with Crippen LogP contribution in [0.15, 0.2) is 23.1 Å². The van der Waals surface area contributed by atoms with Gasteiger partial charge in [-0.15, -0.1) is 11.3 Å². The third-order valence-electron chi connectivity index (χ3n) is 2.93. The quantitative estimate of drug-likeness (QED) is 0.737. The molecule has 3 aromatic rings. The van der Waals surface area contributed by atoms with E-state index in [0.717, 1.165) is 15.7 Å². The van der Waals surface area contributed by atoms with E-state index in [0.29, 0.717) is 21.9 Å². The minimum atomic E-state index is -0.0181. The Kier molecular flexibility index (Phi) is 2.99. The first kappa shape index (κ1) is 12.5. The Hall–Kier alpha value is -1.53. The first-order valence-electron chi connectivity index (χ1n) is 6.08. The topological polar surface area (TPSA) is 50.7 Å². The summed E-state index contributed by atoms with van der Waals surface area (Å²) in [6, 6.07) is 3.82. The van der Waals surface area contributed by atoms with Crippen LogP contribution < -0.4 is 5.56 Å². The highest BCUT2D eigenvalue weighted by atomic mass is 32.1. The standard InChI is InChI=1S/C13H13N3OS2/c1-7(2)6-16-12(17)10-9(15-13(16)18)8-4-3-5-14-11(8)19-10/h3-5,7H,6H2,1-2H3,(H,15,18). The van der Waals surface area contributed by atoms with Gasteiger partial charge in [0.25, 0.3) is 5.56 Å². The van der Waals surface area contributed by atoms with Crippen molar-refractivity contribution in [3.05, 3.63) is 33.5 Å². The number of hydrogen-bond acceptors (Lipinski definition) is 4. The Balaban J connectivity index is 2.43. The molecule has 0 saturated heterocycles. The lowest BCUT2D eigenvalue weighted by atomic mass is 10.2. The molecule has 0 aliphatic carbocycles. The summed E-state index contributed by atoms with van der Waals surface area (Å²) in [7, 11) is 0. The molecule has 4 nitrogen and oxygen atoms in total. The molecule has 6 heteroatoms. The molecule has 0 saturated carbocycles. The lowest BCUT2D eigenvalue weighted by Gasteiger charge is -2.08. The average Bonchev–Trinajstić information content (AvgIpc) is 2.73. The second-order valence-electron chi connectivity index (χ2n) is 4.90. The summed E-state index contributed by atoms with van der Waals surface area (Å²) >= 11 is 6.72. The van der Waals surface area contributed by atoms with E-state index in [-0.39, 0.29) is 5.56 Å². The van der Waals surface area contributed by atoms with E-state index in [2.05, 4.69) is 23.8 Å². The molecule has 0 spiro atoms. The van der Waals surface area contributed by atoms with Gasteiger partial charge in [-0.25, -0.2) is 4.98 Å². The minimum Gasteiger partial charge on any atom is -0.330 e. The van der Waals surface area contributed by atoms with Gasteiger partial charge in [-0.05, 0) is 30.3 Å². The fourth-order valence-electron chi connectivity index (χ4n) is 2.13. The molecule has 0 fully saturated rings. The fraction of sp³-hybridized carbons (Fsp3) is 0.308. The summed E-state index contributed by atoms with van der Waals surface area (Å²) in [5, 5.41) is 0.961. The van der Waals surface area contributed by atoms with E-state index in [1.165, 1.54) is 11.3 Å². The van der Waals surface area contributed by atoms with E-state index in [4.69, 9.17) is 12.2 Å². The van der Waals surface area contributed by atoms with Crippen LogP contribution in [-0.2, 0) is 6.54 Å². The van der Waals surface area contributed by atoms with Crippen molar-refractivity contribution in [2.75, 3.05) is 0 Å². The third kappa shape index (κ3) is 2.01. The summed E-state index contributed by atoms with van der Waals surface area (Å²) < 4.78 is 2.82. The molecular weight excluding hydrogens is 278 g/mol. The number of hydrogen-bond donors (Lipinski definition) is 1. The highest BCUT2D eigenvalue weighted by Crippen LogP contribution is 2.28. The van der Waals surface area contributed by atoms with Crippen molar-refractivity contribution in [3.8, 4) is 0 Å². The fourth-order valence-corrected chi connectivity index (χ4v) is 3.43. The smallest absolute Gasteiger partial charge is 0.272 e. The maximum atomic E-state index is 12.5. The number of thiophene rings is 1. The number of nitrogens with zero attached hydrogens (tertiary/aromatic N) is 2. The van der Waals surface area contributed by atoms with E-state index < -0.39 is 0 Å². The van der Waals surface area contributed by atoms with Crippen molar-refractivity contribution in [1.82, 2.24) is 14.5 Å². The summed E-state index contributed by atoms with van der Waals surface area (Å²) in [6.45, 7) is 4.77. The number of nitrogens with one attached hydrogen (secondary N) is 1. The van der Waals surface area contributed by atoms with Gasteiger partial charge in [-0.3, -0.25) is 9.36 Å². The van der Waals surface area contributed by atoms with Crippen LogP contribution in [0.5, 0.6) is 0 Å². The maximum absolute atomic E-state index is 12.5. The van der Waals surface area contributed by atoms with Crippen LogP contribution in [0.1, 0.15) is 13.8 Å². The van der Waals surface area contributed by atoms with E-state index in [1.807, 2.05) is 12.1 Å². The SMILES string of the molecule is CC(C)Cn1c(=S)[nH]c2c(sc3ncccc32)c1=O. The molecule has 1 N–H and O–H groups in total. The predicted octanol–water partition coefficient (Wildman–Crippen LogP) is 3.32. The lowest BCUT2D eigenvalue weighted by molar-refractivity contribution is 0.504. The Morgan fingerprint density at radius 2 is 2.32 bits per heavy atom. The van der Waals surface area contributed by atoms with Crippen molar-refractivity contribution in [3.63, 3.8) is 0 Å². The Morgan fingerprint density at radius 3 is 3.05 bits per heavy atom. The van der Waals surface area contributed by atoms with Crippen molar-refractivity contribution in [1.29, 1.82) is 0 Å². The lowest BCUT2D eigenvalue weighted by Crippen LogP contribution is -2.23. The molecule has 0 amide bonds. The van der Waals surface area contributed by atoms with Crippen LogP contribution in [0.25, 0.3) is 20.4 Å². The Labute approximate surface area is 118 Å². The zero-order valence-electron chi connectivity index (χ0n) is 10.6. The van der Waals surface area contributed by atoms with Crippen LogP contribution in [0.4, 0.5) is 0 Å². The zero-order valence-corrected chi connectivity index (χ0v) is 12.3. The monoisotopic (exact) mass is 291 g/mol. The van der Waals surface area contributed by atoms with Gasteiger partial charge in [0, 0.05) is 18.1 Å². The van der Waals surface area contributed by atoms with Gasteiger partial charge >= 0.3 is 0 Å². The molecule has 0 atom stereocenters. The summed E-state index contributed by atoms with van der Waals surface area (Å²) in [6.07, 6.45) is 1.74. The molecule has 0 radical (unpaired) electrons. The third-order valence-corrected chi connectivity index (χ3v) is 4.35. The summed E-state index contributed by atoms with van der Waals surface area (Å²) in [4.78, 5) is 20.8. The molecule has 98 valence electrons. The summed E-state index contributed by atoms with van der Waals surface area (Å²) in [5.74, 6) is 0.373. The molecule has 3 rings (SSSR count). The first-order chi connectivity index (χ1) is 9.08. The maximum Gasteiger partial charge on any atom is 0.272 e. The van der Waals surface area contributed by atoms with Crippen LogP contribution in [0.2, 0.25) is 0 Å². The van der Waals surface area contributed by atoms with Crippen molar-refractivity contribution in [2.24, 2.45) is 5.92 Å². The van der Waals surface area contributed by atoms with Crippen molar-refractivity contribution in [2.45, 2.75) is 20.4 Å². The minimum absolute atomic E-state index is 0.0181. The van der Waals surface area contributed by atoms with Gasteiger partial charge in [0.15, 0.2) is 4.77 Å². The van der Waals surface area contributed by atoms with Gasteiger partial charge in [-0.2, -0.15) is 0 Å². The molecule has 0 aliphatic heterocycles. The van der Waals surface area contributed by atoms with Crippen molar-refractivity contribution >= 4 is 44.0 Å². The second kappa shape index (κ2) is 4.54. The molecule has 19 heavy (non-hydrogen) atoms. The number of rotatable bonds is 2. The Morgan fingerprint density at radius 1 is 1.53 bits per heavy atom. The van der Waals surface area contributed by atoms with Gasteiger partial charge in [0.1, 0.15) is 9.53 Å². The van der Waals surface area contributed by atoms with Crippen LogP contribution in [0, 0.1) is 10.7 Å². The molecule has 0 aliphatic rings. The number of aromatic amines is 1. The molecule has 0 unspecified atom stereocenters. The number of H-pyrrole nitrogens is 1. The van der Waals surface area contributed by atoms with E-state index in [1.54, 1.807) is 10.8 Å². The largest absolute Gasteiger partial charge is 0.330 e. The van der Waals surface area contributed by atoms with Gasteiger partial charge in [-0.1, -0.05) is 13.8 Å². The number of aromatic nitrogens is 3. The van der Waals surface area contributed by atoms with Crippen molar-refractivity contribution < 1.29 is 0 Å². The van der Waals surface area contributed by atoms with E-state index >= 15 is 0 Å². The van der Waals surface area contributed by atoms with Crippen LogP contribution in [0.3, 0.4) is 0 Å². The molecule has 3 heterocycles. The normalized spacial score (nSPS) is 11.7. The first-order valence-corrected chi connectivity index (χ1v) is 7.30. The van der Waals surface area contributed by atoms with E-state index in [9.17, 15) is 4.79 Å². The predicted molar refractivity (Wildman–Crippen MR) is 81.4 cm³/mol. The Bertz CT molecular complexity index is 873. The van der Waals surface area contributed by atoms with Crippen LogP contribution >= 0.6 is 23.6 Å². The average molecular weight is 291 g/mol. The van der Waals surface area contributed by atoms with Crippen LogP contribution in [-0.4, -0.2) is 14.5 Å². The zero-order chi connectivity index (χ0) is 13.6. The molecular formula is C13H13N3OS2. The number of pyridine rings is 1. The number of fused-ring (bicyclic) bond motifs is 3. The van der Waals surface area contributed by atoms with Gasteiger partial charge in [0.2, 0.25) is 0 Å². The van der Waals surface area contributed by atoms with Gasteiger partial charge < -0.3 is 4.98 Å². The molecule has 0 bridgehead atoms. The highest BCUT2D eigenvalue weighted by Gasteiger charge is 2.12. The second-order valence-corrected chi connectivity index (χ2v) is 6.29. The molecule has 3 aromatic heterocycles. The highest BCUT2D eigenvalue weighted by molar-refractivity contribution is 7.71. The molecule has 0 aromatic carbocycles. The van der Waals surface area contributed by atoms with Gasteiger partial charge in [0.05, 0.1) is 5.52 Å².